The monoisotopic (exact) mass is 375 g/mol. The molecule has 2 aromatic rings. The van der Waals surface area contributed by atoms with Gasteiger partial charge in [-0.15, -0.1) is 0 Å². The van der Waals surface area contributed by atoms with Crippen LogP contribution < -0.4 is 10.7 Å². The van der Waals surface area contributed by atoms with Gasteiger partial charge in [-0.05, 0) is 42.9 Å². The van der Waals surface area contributed by atoms with Crippen LogP contribution in [0.1, 0.15) is 15.9 Å². The zero-order valence-corrected chi connectivity index (χ0v) is 15.0. The van der Waals surface area contributed by atoms with E-state index in [4.69, 9.17) is 4.42 Å². The lowest BCUT2D eigenvalue weighted by molar-refractivity contribution is 0.0697. The lowest BCUT2D eigenvalue weighted by atomic mass is 9.90. The number of hydrogen-bond donors (Lipinski definition) is 3. The molecule has 0 saturated carbocycles. The smallest absolute Gasteiger partial charge is 0.336 e. The van der Waals surface area contributed by atoms with Crippen molar-refractivity contribution < 1.29 is 19.4 Å². The van der Waals surface area contributed by atoms with Gasteiger partial charge in [0.05, 0.1) is 11.1 Å². The van der Waals surface area contributed by atoms with Crippen molar-refractivity contribution in [2.75, 3.05) is 7.05 Å². The van der Waals surface area contributed by atoms with Gasteiger partial charge in [0.15, 0.2) is 5.43 Å². The van der Waals surface area contributed by atoms with Gasteiger partial charge in [0.25, 0.3) is 0 Å². The number of benzene rings is 3. The Morgan fingerprint density at radius 2 is 1.86 bits per heavy atom. The molecule has 0 unspecified atom stereocenters. The molecule has 3 N–H and O–H groups in total. The van der Waals surface area contributed by atoms with Gasteiger partial charge in [-0.2, -0.15) is 0 Å². The van der Waals surface area contributed by atoms with E-state index < -0.39 is 5.97 Å². The summed E-state index contributed by atoms with van der Waals surface area (Å²) in [4.78, 5) is 23.7. The van der Waals surface area contributed by atoms with Crippen LogP contribution >= 0.6 is 0 Å². The molecule has 2 aromatic carbocycles. The molecule has 1 aliphatic carbocycles. The number of carboxylic acid groups (broad SMARTS) is 1. The van der Waals surface area contributed by atoms with Gasteiger partial charge in [0.1, 0.15) is 17.1 Å². The van der Waals surface area contributed by atoms with Gasteiger partial charge >= 0.3 is 5.97 Å². The molecule has 0 radical (unpaired) electrons. The summed E-state index contributed by atoms with van der Waals surface area (Å²) in [6.07, 6.45) is 0. The summed E-state index contributed by atoms with van der Waals surface area (Å²) in [5, 5.41) is 23.6. The standard InChI is InChI=1S/C22H17NO5/c1-23-11-17-18(25)9-8-16-20(13-4-2-3-5-14(13)22(26)27)15-7-6-12(24)10-19(15)28-21(16)17/h2-10,23,25H,11H2,1H3,(H,26,27). The zero-order chi connectivity index (χ0) is 19.8. The van der Waals surface area contributed by atoms with Gasteiger partial charge in [-0.25, -0.2) is 4.79 Å². The Labute approximate surface area is 160 Å². The summed E-state index contributed by atoms with van der Waals surface area (Å²) in [6.45, 7) is 0.343. The molecule has 0 aromatic heterocycles. The summed E-state index contributed by atoms with van der Waals surface area (Å²) < 4.78 is 6.01. The SMILES string of the molecule is CNCc1c(O)ccc2c(-c3ccccc3C(=O)O)c3ccc(=O)cc-3oc12. The van der Waals surface area contributed by atoms with Crippen molar-refractivity contribution in [3.05, 3.63) is 75.9 Å². The first-order valence-electron chi connectivity index (χ1n) is 8.70. The van der Waals surface area contributed by atoms with Gasteiger partial charge in [0.2, 0.25) is 0 Å². The van der Waals surface area contributed by atoms with E-state index in [1.165, 1.54) is 18.2 Å². The Morgan fingerprint density at radius 1 is 1.07 bits per heavy atom. The molecule has 2 aliphatic rings. The van der Waals surface area contributed by atoms with E-state index in [1.54, 1.807) is 43.4 Å². The number of phenols is 1. The molecule has 1 aliphatic heterocycles. The van der Waals surface area contributed by atoms with E-state index in [-0.39, 0.29) is 16.7 Å². The summed E-state index contributed by atoms with van der Waals surface area (Å²) >= 11 is 0. The number of aromatic hydroxyl groups is 1. The molecule has 0 spiro atoms. The Bertz CT molecular complexity index is 1240. The van der Waals surface area contributed by atoms with Crippen LogP contribution in [0.15, 0.2) is 63.8 Å². The molecule has 6 heteroatoms. The van der Waals surface area contributed by atoms with Crippen molar-refractivity contribution in [1.82, 2.24) is 5.32 Å². The van der Waals surface area contributed by atoms with E-state index in [1.807, 2.05) is 0 Å². The van der Waals surface area contributed by atoms with Crippen molar-refractivity contribution in [3.63, 3.8) is 0 Å². The molecule has 0 bridgehead atoms. The lowest BCUT2D eigenvalue weighted by Gasteiger charge is -2.18. The van der Waals surface area contributed by atoms with Gasteiger partial charge in [0, 0.05) is 29.1 Å². The second-order valence-electron chi connectivity index (χ2n) is 6.46. The fourth-order valence-corrected chi connectivity index (χ4v) is 3.50. The van der Waals surface area contributed by atoms with Crippen LogP contribution in [-0.2, 0) is 6.54 Å². The maximum Gasteiger partial charge on any atom is 0.336 e. The number of carbonyl (C=O) groups is 1. The Balaban J connectivity index is 2.23. The Kier molecular flexibility index (Phi) is 4.33. The minimum absolute atomic E-state index is 0.0562. The predicted molar refractivity (Wildman–Crippen MR) is 106 cm³/mol. The molecule has 1 heterocycles. The highest BCUT2D eigenvalue weighted by Crippen LogP contribution is 2.43. The molecule has 0 atom stereocenters. The van der Waals surface area contributed by atoms with Gasteiger partial charge < -0.3 is 19.9 Å². The fraction of sp³-hybridized carbons (Fsp3) is 0.0909. The van der Waals surface area contributed by atoms with E-state index in [0.29, 0.717) is 45.5 Å². The van der Waals surface area contributed by atoms with Crippen molar-refractivity contribution in [2.45, 2.75) is 6.54 Å². The van der Waals surface area contributed by atoms with Gasteiger partial charge in [-0.1, -0.05) is 18.2 Å². The van der Waals surface area contributed by atoms with Crippen LogP contribution in [0.2, 0.25) is 0 Å². The number of rotatable bonds is 4. The van der Waals surface area contributed by atoms with Crippen LogP contribution in [-0.4, -0.2) is 23.2 Å². The average molecular weight is 375 g/mol. The van der Waals surface area contributed by atoms with Crippen LogP contribution in [0.25, 0.3) is 33.4 Å². The van der Waals surface area contributed by atoms with E-state index in [2.05, 4.69) is 5.32 Å². The van der Waals surface area contributed by atoms with Crippen LogP contribution in [0.3, 0.4) is 0 Å². The molecule has 0 fully saturated rings. The third-order valence-corrected chi connectivity index (χ3v) is 4.72. The third-order valence-electron chi connectivity index (χ3n) is 4.72. The van der Waals surface area contributed by atoms with Crippen molar-refractivity contribution in [2.24, 2.45) is 0 Å². The first-order chi connectivity index (χ1) is 13.5. The zero-order valence-electron chi connectivity index (χ0n) is 15.0. The first kappa shape index (κ1) is 17.8. The number of hydrogen-bond acceptors (Lipinski definition) is 5. The van der Waals surface area contributed by atoms with E-state index in [0.717, 1.165) is 0 Å². The summed E-state index contributed by atoms with van der Waals surface area (Å²) in [7, 11) is 1.75. The maximum absolute atomic E-state index is 11.9. The van der Waals surface area contributed by atoms with Crippen LogP contribution in [0.5, 0.6) is 5.75 Å². The largest absolute Gasteiger partial charge is 0.507 e. The van der Waals surface area contributed by atoms with E-state index >= 15 is 0 Å². The summed E-state index contributed by atoms with van der Waals surface area (Å²) in [6, 6.07) is 14.4. The van der Waals surface area contributed by atoms with Crippen LogP contribution in [0, 0.1) is 0 Å². The first-order valence-corrected chi connectivity index (χ1v) is 8.70. The maximum atomic E-state index is 11.9. The molecular weight excluding hydrogens is 358 g/mol. The topological polar surface area (TPSA) is 99.8 Å². The van der Waals surface area contributed by atoms with Gasteiger partial charge in [-0.3, -0.25) is 4.79 Å². The Hall–Kier alpha value is -3.64. The predicted octanol–water partition coefficient (Wildman–Crippen LogP) is 3.69. The lowest BCUT2D eigenvalue weighted by Crippen LogP contribution is -2.07. The number of nitrogens with one attached hydrogen (secondary N) is 1. The number of aromatic carboxylic acids is 1. The highest BCUT2D eigenvalue weighted by molar-refractivity contribution is 6.08. The molecule has 6 nitrogen and oxygen atoms in total. The van der Waals surface area contributed by atoms with Crippen molar-refractivity contribution in [3.8, 4) is 28.2 Å². The number of phenolic OH excluding ortho intramolecular Hbond substituents is 1. The summed E-state index contributed by atoms with van der Waals surface area (Å²) in [5.74, 6) is -0.661. The highest BCUT2D eigenvalue weighted by atomic mass is 16.4. The molecular formula is C22H17NO5. The third kappa shape index (κ3) is 2.80. The minimum Gasteiger partial charge on any atom is -0.507 e. The van der Waals surface area contributed by atoms with Crippen molar-refractivity contribution in [1.29, 1.82) is 0 Å². The Morgan fingerprint density at radius 3 is 2.61 bits per heavy atom. The molecule has 0 amide bonds. The van der Waals surface area contributed by atoms with Crippen LogP contribution in [0.4, 0.5) is 0 Å². The second kappa shape index (κ2) is 6.83. The molecule has 140 valence electrons. The van der Waals surface area contributed by atoms with Crippen molar-refractivity contribution >= 4 is 16.9 Å². The minimum atomic E-state index is -1.05. The molecule has 28 heavy (non-hydrogen) atoms. The molecule has 0 saturated heterocycles. The normalized spacial score (nSPS) is 11.2. The number of fused-ring (bicyclic) bond motifs is 2. The fourth-order valence-electron chi connectivity index (χ4n) is 3.50. The molecule has 4 rings (SSSR count). The average Bonchev–Trinajstić information content (AvgIpc) is 2.68. The quantitative estimate of drug-likeness (QED) is 0.471. The number of carboxylic acids is 1. The second-order valence-corrected chi connectivity index (χ2v) is 6.46. The summed E-state index contributed by atoms with van der Waals surface area (Å²) in [5.41, 5.74) is 2.65. The highest BCUT2D eigenvalue weighted by Gasteiger charge is 2.23. The van der Waals surface area contributed by atoms with E-state index in [9.17, 15) is 19.8 Å².